The number of hydrogen-bond donors (Lipinski definition) is 2. The molecule has 5 rings (SSSR count). The van der Waals surface area contributed by atoms with Gasteiger partial charge < -0.3 is 30.0 Å². The molecule has 0 saturated heterocycles. The van der Waals surface area contributed by atoms with Gasteiger partial charge in [-0.25, -0.2) is 25.3 Å². The molecule has 0 aliphatic heterocycles. The molecule has 0 saturated carbocycles. The minimum atomic E-state index is -5.41. The number of nitrogens with one attached hydrogen (secondary N) is 1. The fourth-order valence-electron chi connectivity index (χ4n) is 4.71. The monoisotopic (exact) mass is 976 g/mol. The van der Waals surface area contributed by atoms with Crippen LogP contribution in [-0.4, -0.2) is 66.8 Å². The van der Waals surface area contributed by atoms with E-state index in [1.807, 2.05) is 0 Å². The van der Waals surface area contributed by atoms with Crippen LogP contribution >= 0.6 is 47.6 Å². The van der Waals surface area contributed by atoms with Gasteiger partial charge in [-0.05, 0) is 65.0 Å². The van der Waals surface area contributed by atoms with Crippen LogP contribution in [0.5, 0.6) is 5.75 Å². The molecule has 22 nitrogen and oxygen atoms in total. The second kappa shape index (κ2) is 24.4. The summed E-state index contributed by atoms with van der Waals surface area (Å²) in [5.74, 6) is -1.86. The number of halogens is 2. The van der Waals surface area contributed by atoms with E-state index in [-0.39, 0.29) is 180 Å². The van der Waals surface area contributed by atoms with Gasteiger partial charge in [-0.2, -0.15) is 19.3 Å². The van der Waals surface area contributed by atoms with E-state index >= 15 is 0 Å². The molecule has 0 atom stereocenters. The second-order valence-electron chi connectivity index (χ2n) is 9.90. The maximum Gasteiger partial charge on any atom is 1.00 e. The van der Waals surface area contributed by atoms with Crippen molar-refractivity contribution in [1.29, 1.82) is 0 Å². The molecule has 0 radical (unpaired) electrons. The fraction of sp³-hybridized carbons (Fsp3) is 0.0800. The molecule has 0 fully saturated rings. The zero-order valence-corrected chi connectivity index (χ0v) is 43.2. The topological polar surface area (TPSA) is 336 Å². The number of azo groups is 1. The number of benzene rings is 4. The SMILES string of the molecule is O=S(=O)([O-])c1c(N=Nc2c(SOO[O-])cc3c(S(=O)(=O)[O-])c(Nc4nc(Cl)nc(Cl)n4)ccc3c2O)ccc2cc(S(=O)(=O)CCOSOO[O-])ccc12.[Na+].[Na+].[Na+].[Na+]. The summed E-state index contributed by atoms with van der Waals surface area (Å²) in [4.78, 5) is 8.38. The van der Waals surface area contributed by atoms with Crippen LogP contribution in [0.15, 0.2) is 78.3 Å². The van der Waals surface area contributed by atoms with Crippen molar-refractivity contribution in [1.82, 2.24) is 15.0 Å². The predicted octanol–water partition coefficient (Wildman–Crippen LogP) is -9.02. The molecule has 0 bridgehead atoms. The number of fused-ring (bicyclic) bond motifs is 2. The van der Waals surface area contributed by atoms with Gasteiger partial charge in [0.25, 0.3) is 0 Å². The Labute approximate surface area is 434 Å². The van der Waals surface area contributed by atoms with Crippen molar-refractivity contribution < 1.29 is 191 Å². The number of phenolic OH excluding ortho intramolecular Hbond substituents is 1. The van der Waals surface area contributed by atoms with Gasteiger partial charge in [0.1, 0.15) is 31.6 Å². The minimum Gasteiger partial charge on any atom is -0.744 e. The summed E-state index contributed by atoms with van der Waals surface area (Å²) >= 11 is 11.7. The Morgan fingerprint density at radius 1 is 0.759 bits per heavy atom. The summed E-state index contributed by atoms with van der Waals surface area (Å²) in [6.07, 6.45) is 0. The number of anilines is 2. The molecule has 0 spiro atoms. The molecular weight excluding hydrogens is 964 g/mol. The van der Waals surface area contributed by atoms with Gasteiger partial charge in [0.05, 0.1) is 49.7 Å². The zero-order valence-electron chi connectivity index (χ0n) is 29.6. The molecule has 0 amide bonds. The molecule has 2 N–H and O–H groups in total. The van der Waals surface area contributed by atoms with E-state index in [1.165, 1.54) is 6.07 Å². The number of phenols is 1. The summed E-state index contributed by atoms with van der Waals surface area (Å²) in [5.41, 5.74) is -1.63. The first-order valence-electron chi connectivity index (χ1n) is 13.6. The largest absolute Gasteiger partial charge is 1.00 e. The molecular formula is C25H14Cl2N6Na4O16S5. The summed E-state index contributed by atoms with van der Waals surface area (Å²) in [6, 6.07) is 8.40. The Kier molecular flexibility index (Phi) is 23.8. The van der Waals surface area contributed by atoms with Gasteiger partial charge in [0.15, 0.2) is 27.9 Å². The summed E-state index contributed by atoms with van der Waals surface area (Å²) in [7, 11) is -14.8. The maximum absolute atomic E-state index is 12.8. The smallest absolute Gasteiger partial charge is 0.744 e. The van der Waals surface area contributed by atoms with Gasteiger partial charge in [-0.1, -0.05) is 12.1 Å². The number of aromatic hydroxyl groups is 1. The predicted molar refractivity (Wildman–Crippen MR) is 179 cm³/mol. The van der Waals surface area contributed by atoms with Crippen LogP contribution in [0.4, 0.5) is 23.0 Å². The zero-order chi connectivity index (χ0) is 39.4. The van der Waals surface area contributed by atoms with Crippen molar-refractivity contribution >= 4 is 122 Å². The normalized spacial score (nSPS) is 11.8. The van der Waals surface area contributed by atoms with Gasteiger partial charge in [0, 0.05) is 16.2 Å². The summed E-state index contributed by atoms with van der Waals surface area (Å²) in [6.45, 7) is -0.445. The van der Waals surface area contributed by atoms with Crippen LogP contribution in [0.1, 0.15) is 0 Å². The molecule has 33 heteroatoms. The quantitative estimate of drug-likeness (QED) is 0.0176. The number of aromatic nitrogens is 3. The van der Waals surface area contributed by atoms with E-state index in [4.69, 9.17) is 27.4 Å². The van der Waals surface area contributed by atoms with Crippen molar-refractivity contribution in [2.45, 2.75) is 19.6 Å². The third kappa shape index (κ3) is 14.2. The fourth-order valence-corrected chi connectivity index (χ4v) is 8.64. The second-order valence-corrected chi connectivity index (χ2v) is 16.6. The van der Waals surface area contributed by atoms with Crippen molar-refractivity contribution in [3.05, 3.63) is 59.1 Å². The average Bonchev–Trinajstić information content (AvgIpc) is 3.08. The Morgan fingerprint density at radius 3 is 1.98 bits per heavy atom. The minimum absolute atomic E-state index is 0. The number of nitrogens with zero attached hydrogens (tertiary/aromatic N) is 5. The van der Waals surface area contributed by atoms with Crippen LogP contribution in [0, 0.1) is 0 Å². The molecule has 0 unspecified atom stereocenters. The number of hydrogen-bond acceptors (Lipinski definition) is 24. The van der Waals surface area contributed by atoms with E-state index in [0.717, 1.165) is 42.5 Å². The van der Waals surface area contributed by atoms with Crippen LogP contribution < -0.4 is 134 Å². The first-order chi connectivity index (χ1) is 25.4. The van der Waals surface area contributed by atoms with E-state index in [1.54, 1.807) is 0 Å². The van der Waals surface area contributed by atoms with Gasteiger partial charge >= 0.3 is 118 Å². The Bertz CT molecular complexity index is 2620. The first-order valence-corrected chi connectivity index (χ1v) is 20.3. The van der Waals surface area contributed by atoms with Crippen molar-refractivity contribution in [2.24, 2.45) is 10.2 Å². The van der Waals surface area contributed by atoms with Crippen LogP contribution in [-0.2, 0) is 53.0 Å². The van der Waals surface area contributed by atoms with E-state index < -0.39 is 85.3 Å². The third-order valence-electron chi connectivity index (χ3n) is 6.74. The molecule has 0 aliphatic rings. The van der Waals surface area contributed by atoms with E-state index in [9.17, 15) is 50.0 Å². The van der Waals surface area contributed by atoms with Gasteiger partial charge in [-0.3, -0.25) is 14.3 Å². The van der Waals surface area contributed by atoms with Crippen molar-refractivity contribution in [3.63, 3.8) is 0 Å². The Morgan fingerprint density at radius 2 is 1.38 bits per heavy atom. The Hall–Kier alpha value is 0.380. The molecule has 5 aromatic rings. The molecule has 58 heavy (non-hydrogen) atoms. The Balaban J connectivity index is 0.00000420. The van der Waals surface area contributed by atoms with Crippen LogP contribution in [0.3, 0.4) is 0 Å². The standard InChI is InChI=1S/C25H18Cl2N6O16S5.4Na/c26-23-29-24(27)31-25(30-23)28-16-6-4-14-15(22(16)54(42,43)44)10-18(50-48-46-35)19(20(14)34)33-32-17-5-1-11-9-12(2-3-13(11)21(17)53(39,40)41)52(37,38)8-7-45-51-49-47-36;;;;/h1-6,9-10,34-36H,7-8H2,(H,39,40,41)(H,42,43,44)(H,28,29,30,31);;;;/q;4*+1/p-4. The van der Waals surface area contributed by atoms with E-state index in [2.05, 4.69) is 49.2 Å². The molecule has 0 aliphatic carbocycles. The molecule has 4 aromatic carbocycles. The molecule has 1 aromatic heterocycles. The van der Waals surface area contributed by atoms with Crippen molar-refractivity contribution in [3.8, 4) is 5.75 Å². The first kappa shape index (κ1) is 56.4. The van der Waals surface area contributed by atoms with Crippen molar-refractivity contribution in [2.75, 3.05) is 17.7 Å². The molecule has 288 valence electrons. The average molecular weight is 978 g/mol. The summed E-state index contributed by atoms with van der Waals surface area (Å²) in [5, 5.41) is 46.4. The van der Waals surface area contributed by atoms with E-state index in [0.29, 0.717) is 0 Å². The summed E-state index contributed by atoms with van der Waals surface area (Å²) < 4.78 is 114. The molecule has 1 heterocycles. The van der Waals surface area contributed by atoms with Crippen LogP contribution in [0.25, 0.3) is 21.5 Å². The number of rotatable bonds is 16. The number of sulfone groups is 1. The third-order valence-corrected chi connectivity index (χ3v) is 11.6. The van der Waals surface area contributed by atoms with Gasteiger partial charge in [0.2, 0.25) is 16.5 Å². The van der Waals surface area contributed by atoms with Crippen LogP contribution in [0.2, 0.25) is 10.6 Å². The maximum atomic E-state index is 12.8. The van der Waals surface area contributed by atoms with Gasteiger partial charge in [-0.15, -0.1) is 14.6 Å².